The first-order valence-electron chi connectivity index (χ1n) is 7.15. The van der Waals surface area contributed by atoms with Crippen molar-refractivity contribution < 1.29 is 13.5 Å². The van der Waals surface area contributed by atoms with Gasteiger partial charge in [0.05, 0.1) is 5.92 Å². The van der Waals surface area contributed by atoms with Gasteiger partial charge in [-0.25, -0.2) is 0 Å². The van der Waals surface area contributed by atoms with Gasteiger partial charge in [0.2, 0.25) is 10.3 Å². The van der Waals surface area contributed by atoms with E-state index >= 15 is 0 Å². The molecule has 0 aromatic heterocycles. The number of benzene rings is 2. The molecule has 0 saturated heterocycles. The van der Waals surface area contributed by atoms with Gasteiger partial charge >= 0.3 is 0 Å². The summed E-state index contributed by atoms with van der Waals surface area (Å²) in [4.78, 5) is 0.258. The minimum absolute atomic E-state index is 0.192. The summed E-state index contributed by atoms with van der Waals surface area (Å²) in [6.45, 7) is 2.41. The van der Waals surface area contributed by atoms with Crippen LogP contribution in [-0.4, -0.2) is 25.1 Å². The van der Waals surface area contributed by atoms with Gasteiger partial charge in [0.15, 0.2) is 0 Å². The van der Waals surface area contributed by atoms with Crippen LogP contribution in [0.3, 0.4) is 0 Å². The quantitative estimate of drug-likeness (QED) is 0.790. The highest BCUT2D eigenvalue weighted by molar-refractivity contribution is 7.73. The van der Waals surface area contributed by atoms with E-state index in [-0.39, 0.29) is 10.7 Å². The van der Waals surface area contributed by atoms with Gasteiger partial charge < -0.3 is 5.11 Å². The van der Waals surface area contributed by atoms with E-state index in [2.05, 4.69) is 5.32 Å². The summed E-state index contributed by atoms with van der Waals surface area (Å²) in [6.07, 6.45) is 0.723. The van der Waals surface area contributed by atoms with Crippen LogP contribution in [-0.2, 0) is 16.7 Å². The number of nitrogens with one attached hydrogen (secondary N) is 1. The molecule has 3 rings (SSSR count). The summed E-state index contributed by atoms with van der Waals surface area (Å²) >= 11 is 0. The number of rotatable bonds is 1. The maximum atomic E-state index is 11.7. The van der Waals surface area contributed by atoms with Crippen LogP contribution in [0.4, 0.5) is 0 Å². The number of fused-ring (bicyclic) bond motifs is 1. The molecule has 1 aliphatic heterocycles. The molecule has 0 saturated carbocycles. The standard InChI is InChI=1S/C17H17NO3S/c1-11-9-13-7-8-18-17(22(20)21)16(14(13)10-15(11)19)12-5-3-2-4-6-12/h2-6,9-10,16,18-19H,7-8H2,1H3. The van der Waals surface area contributed by atoms with Gasteiger partial charge in [-0.3, -0.25) is 5.32 Å². The molecule has 0 amide bonds. The molecule has 2 aromatic carbocycles. The molecule has 1 unspecified atom stereocenters. The molecule has 0 bridgehead atoms. The van der Waals surface area contributed by atoms with Crippen LogP contribution >= 0.6 is 0 Å². The third kappa shape index (κ3) is 2.65. The Bertz CT molecular complexity index is 834. The fourth-order valence-corrected chi connectivity index (χ4v) is 3.63. The molecule has 0 radical (unpaired) electrons. The highest BCUT2D eigenvalue weighted by Crippen LogP contribution is 2.34. The van der Waals surface area contributed by atoms with Crippen molar-refractivity contribution in [2.45, 2.75) is 19.3 Å². The van der Waals surface area contributed by atoms with Crippen LogP contribution in [0, 0.1) is 6.92 Å². The Labute approximate surface area is 131 Å². The smallest absolute Gasteiger partial charge is 0.229 e. The Hall–Kier alpha value is -2.11. The van der Waals surface area contributed by atoms with Crippen LogP contribution in [0.5, 0.6) is 5.75 Å². The average Bonchev–Trinajstić information content (AvgIpc) is 2.68. The molecule has 1 heterocycles. The van der Waals surface area contributed by atoms with Crippen LogP contribution in [0.1, 0.15) is 28.2 Å². The molecule has 5 heteroatoms. The van der Waals surface area contributed by atoms with Crippen molar-refractivity contribution in [2.24, 2.45) is 0 Å². The fourth-order valence-electron chi connectivity index (χ4n) is 2.95. The van der Waals surface area contributed by atoms with Gasteiger partial charge in [-0.1, -0.05) is 36.4 Å². The maximum absolute atomic E-state index is 11.7. The van der Waals surface area contributed by atoms with Crippen molar-refractivity contribution in [3.63, 3.8) is 0 Å². The van der Waals surface area contributed by atoms with Crippen molar-refractivity contribution in [1.29, 1.82) is 0 Å². The molecule has 114 valence electrons. The van der Waals surface area contributed by atoms with Crippen LogP contribution < -0.4 is 5.32 Å². The SMILES string of the molecule is Cc1cc2c(cc1O)C(c1ccccc1)C(=S(=O)=O)NCC2. The summed E-state index contributed by atoms with van der Waals surface area (Å²) in [5.41, 5.74) is 3.61. The lowest BCUT2D eigenvalue weighted by Crippen LogP contribution is -2.30. The van der Waals surface area contributed by atoms with Gasteiger partial charge in [0.1, 0.15) is 10.7 Å². The molecule has 4 nitrogen and oxygen atoms in total. The predicted molar refractivity (Wildman–Crippen MR) is 86.8 cm³/mol. The van der Waals surface area contributed by atoms with Crippen molar-refractivity contribution in [1.82, 2.24) is 5.32 Å². The Morgan fingerprint density at radius 3 is 2.59 bits per heavy atom. The largest absolute Gasteiger partial charge is 0.508 e. The van der Waals surface area contributed by atoms with Crippen molar-refractivity contribution in [2.75, 3.05) is 6.54 Å². The van der Waals surface area contributed by atoms with Gasteiger partial charge in [-0.15, -0.1) is 0 Å². The minimum atomic E-state index is -2.34. The second kappa shape index (κ2) is 5.94. The Morgan fingerprint density at radius 2 is 1.91 bits per heavy atom. The monoisotopic (exact) mass is 315 g/mol. The van der Waals surface area contributed by atoms with Crippen LogP contribution in [0.25, 0.3) is 0 Å². The lowest BCUT2D eigenvalue weighted by Gasteiger charge is -2.19. The molecule has 0 fully saturated rings. The third-order valence-electron chi connectivity index (χ3n) is 4.04. The van der Waals surface area contributed by atoms with Crippen molar-refractivity contribution >= 4 is 15.3 Å². The molecule has 0 spiro atoms. The summed E-state index contributed by atoms with van der Waals surface area (Å²) < 4.78 is 23.4. The van der Waals surface area contributed by atoms with Crippen LogP contribution in [0.15, 0.2) is 42.5 Å². The second-order valence-electron chi connectivity index (χ2n) is 5.46. The number of aryl methyl sites for hydroxylation is 1. The molecule has 2 N–H and O–H groups in total. The zero-order valence-corrected chi connectivity index (χ0v) is 13.0. The Kier molecular flexibility index (Phi) is 4.00. The van der Waals surface area contributed by atoms with Gasteiger partial charge in [0, 0.05) is 6.54 Å². The normalized spacial score (nSPS) is 17.7. The fraction of sp³-hybridized carbons (Fsp3) is 0.235. The first-order chi connectivity index (χ1) is 10.6. The lowest BCUT2D eigenvalue weighted by molar-refractivity contribution is 0.470. The lowest BCUT2D eigenvalue weighted by atomic mass is 9.87. The van der Waals surface area contributed by atoms with E-state index in [0.717, 1.165) is 28.7 Å². The van der Waals surface area contributed by atoms with Gasteiger partial charge in [-0.2, -0.15) is 8.42 Å². The van der Waals surface area contributed by atoms with Gasteiger partial charge in [0.25, 0.3) is 0 Å². The molecular formula is C17H17NO3S. The van der Waals surface area contributed by atoms with Crippen molar-refractivity contribution in [3.05, 3.63) is 64.7 Å². The summed E-state index contributed by atoms with van der Waals surface area (Å²) in [7, 11) is -2.34. The van der Waals surface area contributed by atoms with E-state index in [4.69, 9.17) is 0 Å². The number of hydrogen-bond acceptors (Lipinski definition) is 3. The topological polar surface area (TPSA) is 66.4 Å². The highest BCUT2D eigenvalue weighted by Gasteiger charge is 2.27. The number of phenols is 1. The third-order valence-corrected chi connectivity index (χ3v) is 4.78. The molecule has 1 aliphatic rings. The first-order valence-corrected chi connectivity index (χ1v) is 8.22. The zero-order valence-electron chi connectivity index (χ0n) is 12.2. The summed E-state index contributed by atoms with van der Waals surface area (Å²) in [5, 5.41) is 13.1. The minimum Gasteiger partial charge on any atom is -0.508 e. The molecule has 22 heavy (non-hydrogen) atoms. The van der Waals surface area contributed by atoms with E-state index < -0.39 is 16.2 Å². The molecule has 2 aromatic rings. The van der Waals surface area contributed by atoms with Crippen molar-refractivity contribution in [3.8, 4) is 5.75 Å². The summed E-state index contributed by atoms with van der Waals surface area (Å²) in [5.74, 6) is -0.221. The maximum Gasteiger partial charge on any atom is 0.229 e. The Morgan fingerprint density at radius 1 is 1.18 bits per heavy atom. The van der Waals surface area contributed by atoms with E-state index in [1.165, 1.54) is 0 Å². The van der Waals surface area contributed by atoms with E-state index in [1.807, 2.05) is 43.3 Å². The van der Waals surface area contributed by atoms with E-state index in [0.29, 0.717) is 6.54 Å². The molecule has 0 aliphatic carbocycles. The molecular weight excluding hydrogens is 298 g/mol. The number of aromatic hydroxyl groups is 1. The Balaban J connectivity index is 2.30. The highest BCUT2D eigenvalue weighted by atomic mass is 32.2. The number of hydrogen-bond donors (Lipinski definition) is 2. The summed E-state index contributed by atoms with van der Waals surface area (Å²) in [6, 6.07) is 13.1. The second-order valence-corrected chi connectivity index (χ2v) is 6.37. The average molecular weight is 315 g/mol. The van der Waals surface area contributed by atoms with E-state index in [1.54, 1.807) is 6.07 Å². The number of phenolic OH excluding ortho intramolecular Hbond substituents is 1. The van der Waals surface area contributed by atoms with Crippen LogP contribution in [0.2, 0.25) is 0 Å². The predicted octanol–water partition coefficient (Wildman–Crippen LogP) is 1.99. The molecule has 1 atom stereocenters. The zero-order chi connectivity index (χ0) is 15.7. The van der Waals surface area contributed by atoms with E-state index in [9.17, 15) is 13.5 Å². The van der Waals surface area contributed by atoms with Gasteiger partial charge in [-0.05, 0) is 41.7 Å². The first kappa shape index (κ1) is 14.8.